The minimum atomic E-state index is -0.195. The minimum Gasteiger partial charge on any atom is -0.378 e. The highest BCUT2D eigenvalue weighted by atomic mass is 19.1. The minimum absolute atomic E-state index is 0.113. The van der Waals surface area contributed by atoms with Gasteiger partial charge >= 0.3 is 0 Å². The molecule has 2 aliphatic rings. The number of nitrogens with zero attached hydrogens (tertiary/aromatic N) is 2. The number of ether oxygens (including phenoxy) is 2. The van der Waals surface area contributed by atoms with Gasteiger partial charge in [0.1, 0.15) is 5.82 Å². The van der Waals surface area contributed by atoms with Crippen molar-refractivity contribution in [2.24, 2.45) is 16.3 Å². The lowest BCUT2D eigenvalue weighted by molar-refractivity contribution is -0.0835. The van der Waals surface area contributed by atoms with Gasteiger partial charge in [-0.2, -0.15) is 0 Å². The molecule has 1 aromatic rings. The van der Waals surface area contributed by atoms with E-state index in [1.807, 2.05) is 17.0 Å². The fourth-order valence-electron chi connectivity index (χ4n) is 4.46. The number of morpholine rings is 1. The Hall–Kier alpha value is -1.86. The van der Waals surface area contributed by atoms with Crippen LogP contribution < -0.4 is 15.5 Å². The Labute approximate surface area is 186 Å². The Kier molecular flexibility index (Phi) is 8.55. The number of hydrogen-bond donors (Lipinski definition) is 2. The lowest BCUT2D eigenvalue weighted by atomic mass is 9.78. The highest BCUT2D eigenvalue weighted by molar-refractivity contribution is 5.79. The van der Waals surface area contributed by atoms with Gasteiger partial charge in [-0.25, -0.2) is 9.38 Å². The molecule has 2 fully saturated rings. The molecule has 2 N–H and O–H groups in total. The van der Waals surface area contributed by atoms with Crippen LogP contribution in [0.4, 0.5) is 10.1 Å². The van der Waals surface area contributed by atoms with E-state index in [0.29, 0.717) is 31.4 Å². The molecule has 2 atom stereocenters. The zero-order chi connectivity index (χ0) is 22.3. The van der Waals surface area contributed by atoms with Crippen molar-refractivity contribution in [3.63, 3.8) is 0 Å². The summed E-state index contributed by atoms with van der Waals surface area (Å²) in [6.45, 7) is 14.4. The number of hydrogen-bond acceptors (Lipinski definition) is 4. The lowest BCUT2D eigenvalue weighted by Crippen LogP contribution is -2.47. The van der Waals surface area contributed by atoms with Gasteiger partial charge in [0.15, 0.2) is 5.96 Å². The average molecular weight is 435 g/mol. The van der Waals surface area contributed by atoms with E-state index in [1.54, 1.807) is 6.07 Å². The van der Waals surface area contributed by atoms with Crippen LogP contribution in [0.5, 0.6) is 0 Å². The van der Waals surface area contributed by atoms with Gasteiger partial charge in [0.25, 0.3) is 0 Å². The zero-order valence-corrected chi connectivity index (χ0v) is 19.5. The molecule has 7 heteroatoms. The third-order valence-corrected chi connectivity index (χ3v) is 5.96. The van der Waals surface area contributed by atoms with Gasteiger partial charge in [0.05, 0.1) is 31.5 Å². The molecule has 0 aliphatic carbocycles. The molecule has 1 aromatic carbocycles. The summed E-state index contributed by atoms with van der Waals surface area (Å²) in [4.78, 5) is 6.73. The van der Waals surface area contributed by atoms with Crippen LogP contribution in [-0.4, -0.2) is 58.1 Å². The van der Waals surface area contributed by atoms with Gasteiger partial charge in [-0.3, -0.25) is 0 Å². The first-order chi connectivity index (χ1) is 14.9. The molecule has 6 nitrogen and oxygen atoms in total. The van der Waals surface area contributed by atoms with Gasteiger partial charge in [-0.1, -0.05) is 26.8 Å². The summed E-state index contributed by atoms with van der Waals surface area (Å²) in [7, 11) is 0. The molecule has 3 rings (SSSR count). The number of aliphatic imine (C=N–C) groups is 1. The summed E-state index contributed by atoms with van der Waals surface area (Å²) in [6.07, 6.45) is 2.49. The fourth-order valence-corrected chi connectivity index (χ4v) is 4.46. The second-order valence-electron chi connectivity index (χ2n) is 9.52. The SMILES string of the molecule is CCNC(=NCc1ccc(N2CCOCC2)c(F)c1)NCC1CCCOC1C(C)(C)C. The monoisotopic (exact) mass is 434 g/mol. The molecule has 2 heterocycles. The Morgan fingerprint density at radius 2 is 1.97 bits per heavy atom. The summed E-state index contributed by atoms with van der Waals surface area (Å²) in [5.41, 5.74) is 1.62. The Morgan fingerprint density at radius 1 is 1.19 bits per heavy atom. The highest BCUT2D eigenvalue weighted by Crippen LogP contribution is 2.33. The number of rotatable bonds is 6. The summed E-state index contributed by atoms with van der Waals surface area (Å²) in [5, 5.41) is 6.79. The molecule has 0 amide bonds. The number of anilines is 1. The lowest BCUT2D eigenvalue weighted by Gasteiger charge is -2.40. The van der Waals surface area contributed by atoms with Crippen LogP contribution in [0.25, 0.3) is 0 Å². The van der Waals surface area contributed by atoms with Gasteiger partial charge in [-0.15, -0.1) is 0 Å². The van der Waals surface area contributed by atoms with E-state index in [0.717, 1.165) is 57.2 Å². The van der Waals surface area contributed by atoms with Crippen molar-refractivity contribution in [3.05, 3.63) is 29.6 Å². The molecule has 2 unspecified atom stereocenters. The Morgan fingerprint density at radius 3 is 2.65 bits per heavy atom. The van der Waals surface area contributed by atoms with Crippen LogP contribution in [0.15, 0.2) is 23.2 Å². The molecule has 0 saturated carbocycles. The maximum absolute atomic E-state index is 14.7. The van der Waals surface area contributed by atoms with Gasteiger partial charge in [0.2, 0.25) is 0 Å². The molecule has 0 spiro atoms. The Balaban J connectivity index is 1.60. The van der Waals surface area contributed by atoms with Crippen LogP contribution in [0, 0.1) is 17.2 Å². The largest absolute Gasteiger partial charge is 0.378 e. The maximum atomic E-state index is 14.7. The van der Waals surface area contributed by atoms with Crippen LogP contribution in [0.3, 0.4) is 0 Å². The van der Waals surface area contributed by atoms with Crippen molar-refractivity contribution in [3.8, 4) is 0 Å². The highest BCUT2D eigenvalue weighted by Gasteiger charge is 2.35. The molecule has 0 aromatic heterocycles. The summed E-state index contributed by atoms with van der Waals surface area (Å²) in [6, 6.07) is 5.42. The van der Waals surface area contributed by atoms with Gasteiger partial charge in [0, 0.05) is 38.7 Å². The van der Waals surface area contributed by atoms with E-state index in [1.165, 1.54) is 0 Å². The van der Waals surface area contributed by atoms with Gasteiger partial charge < -0.3 is 25.0 Å². The van der Waals surface area contributed by atoms with Crippen molar-refractivity contribution in [1.82, 2.24) is 10.6 Å². The van der Waals surface area contributed by atoms with Crippen molar-refractivity contribution >= 4 is 11.6 Å². The van der Waals surface area contributed by atoms with Crippen LogP contribution in [-0.2, 0) is 16.0 Å². The predicted octanol–water partition coefficient (Wildman–Crippen LogP) is 3.56. The topological polar surface area (TPSA) is 58.1 Å². The van der Waals surface area contributed by atoms with E-state index in [4.69, 9.17) is 14.5 Å². The molecule has 174 valence electrons. The van der Waals surface area contributed by atoms with E-state index in [-0.39, 0.29) is 17.3 Å². The maximum Gasteiger partial charge on any atom is 0.191 e. The first-order valence-electron chi connectivity index (χ1n) is 11.6. The summed E-state index contributed by atoms with van der Waals surface area (Å²) in [5.74, 6) is 1.01. The van der Waals surface area contributed by atoms with Crippen LogP contribution in [0.2, 0.25) is 0 Å². The third kappa shape index (κ3) is 6.81. The molecule has 0 bridgehead atoms. The first-order valence-corrected chi connectivity index (χ1v) is 11.6. The second-order valence-corrected chi connectivity index (χ2v) is 9.52. The van der Waals surface area contributed by atoms with Crippen molar-refractivity contribution in [2.45, 2.75) is 53.2 Å². The number of guanidine groups is 1. The van der Waals surface area contributed by atoms with Crippen molar-refractivity contribution in [1.29, 1.82) is 0 Å². The third-order valence-electron chi connectivity index (χ3n) is 5.96. The van der Waals surface area contributed by atoms with E-state index < -0.39 is 0 Å². The molecule has 2 saturated heterocycles. The Bertz CT molecular complexity index is 729. The molecule has 0 radical (unpaired) electrons. The van der Waals surface area contributed by atoms with E-state index >= 15 is 0 Å². The zero-order valence-electron chi connectivity index (χ0n) is 19.5. The van der Waals surface area contributed by atoms with Crippen molar-refractivity contribution in [2.75, 3.05) is 50.9 Å². The molecule has 31 heavy (non-hydrogen) atoms. The van der Waals surface area contributed by atoms with Crippen molar-refractivity contribution < 1.29 is 13.9 Å². The standard InChI is InChI=1S/C24H39FN4O2/c1-5-26-23(28-17-19-7-6-12-31-22(19)24(2,3)4)27-16-18-8-9-21(20(25)15-18)29-10-13-30-14-11-29/h8-9,15,19,22H,5-7,10-14,16-17H2,1-4H3,(H2,26,27,28). The number of nitrogens with one attached hydrogen (secondary N) is 2. The van der Waals surface area contributed by atoms with E-state index in [2.05, 4.69) is 38.3 Å². The quantitative estimate of drug-likeness (QED) is 0.530. The van der Waals surface area contributed by atoms with Crippen LogP contribution >= 0.6 is 0 Å². The predicted molar refractivity (Wildman–Crippen MR) is 124 cm³/mol. The summed E-state index contributed by atoms with van der Waals surface area (Å²) < 4.78 is 26.1. The normalized spacial score (nSPS) is 23.0. The fraction of sp³-hybridized carbons (Fsp3) is 0.708. The number of halogens is 1. The molecular formula is C24H39FN4O2. The summed E-state index contributed by atoms with van der Waals surface area (Å²) >= 11 is 0. The number of benzene rings is 1. The van der Waals surface area contributed by atoms with E-state index in [9.17, 15) is 4.39 Å². The second kappa shape index (κ2) is 11.1. The molecular weight excluding hydrogens is 395 g/mol. The average Bonchev–Trinajstić information content (AvgIpc) is 2.76. The van der Waals surface area contributed by atoms with Gasteiger partial charge in [-0.05, 0) is 42.9 Å². The van der Waals surface area contributed by atoms with Crippen LogP contribution in [0.1, 0.15) is 46.1 Å². The smallest absolute Gasteiger partial charge is 0.191 e. The molecule has 2 aliphatic heterocycles. The first kappa shape index (κ1) is 23.8.